The molecule has 0 bridgehead atoms. The quantitative estimate of drug-likeness (QED) is 0.879. The van der Waals surface area contributed by atoms with Crippen LogP contribution in [0.25, 0.3) is 11.1 Å². The van der Waals surface area contributed by atoms with E-state index in [9.17, 15) is 9.59 Å². The Morgan fingerprint density at radius 3 is 2.79 bits per heavy atom. The van der Waals surface area contributed by atoms with Crippen LogP contribution in [0.15, 0.2) is 27.4 Å². The van der Waals surface area contributed by atoms with E-state index >= 15 is 0 Å². The van der Waals surface area contributed by atoms with Gasteiger partial charge in [0.1, 0.15) is 0 Å². The number of rotatable bonds is 3. The van der Waals surface area contributed by atoms with Gasteiger partial charge in [0.25, 0.3) is 0 Å². The molecule has 1 unspecified atom stereocenters. The molecule has 2 N–H and O–H groups in total. The lowest BCUT2D eigenvalue weighted by Crippen LogP contribution is -2.26. The molecule has 0 spiro atoms. The van der Waals surface area contributed by atoms with Gasteiger partial charge in [-0.3, -0.25) is 9.36 Å². The Hall–Kier alpha value is -2.08. The fraction of sp³-hybridized carbons (Fsp3) is 0.385. The summed E-state index contributed by atoms with van der Waals surface area (Å²) in [7, 11) is 5.02. The molecule has 0 saturated carbocycles. The van der Waals surface area contributed by atoms with Crippen molar-refractivity contribution in [3.63, 3.8) is 0 Å². The van der Waals surface area contributed by atoms with Crippen LogP contribution in [-0.2, 0) is 11.8 Å². The topological polar surface area (TPSA) is 81.5 Å². The number of oxazole rings is 1. The molecule has 1 aromatic carbocycles. The van der Waals surface area contributed by atoms with E-state index < -0.39 is 11.8 Å². The van der Waals surface area contributed by atoms with Crippen molar-refractivity contribution in [1.29, 1.82) is 0 Å². The second-order valence-electron chi connectivity index (χ2n) is 4.75. The zero-order chi connectivity index (χ0) is 14.2. The molecule has 1 aromatic heterocycles. The number of benzene rings is 1. The van der Waals surface area contributed by atoms with Crippen LogP contribution in [0.1, 0.15) is 18.0 Å². The summed E-state index contributed by atoms with van der Waals surface area (Å²) in [4.78, 5) is 24.5. The summed E-state index contributed by atoms with van der Waals surface area (Å²) in [5, 5.41) is 0. The Kier molecular flexibility index (Phi) is 3.44. The van der Waals surface area contributed by atoms with Gasteiger partial charge in [0.15, 0.2) is 5.58 Å². The summed E-state index contributed by atoms with van der Waals surface area (Å²) >= 11 is 0. The molecule has 102 valence electrons. The fourth-order valence-corrected chi connectivity index (χ4v) is 1.86. The summed E-state index contributed by atoms with van der Waals surface area (Å²) in [5.74, 6) is -0.446. The number of fused-ring (bicyclic) bond motifs is 1. The number of hydrogen-bond donors (Lipinski definition) is 1. The first-order valence-electron chi connectivity index (χ1n) is 5.95. The second kappa shape index (κ2) is 4.89. The van der Waals surface area contributed by atoms with E-state index in [4.69, 9.17) is 10.2 Å². The Morgan fingerprint density at radius 1 is 1.47 bits per heavy atom. The Labute approximate surface area is 110 Å². The molecule has 6 heteroatoms. The van der Waals surface area contributed by atoms with Gasteiger partial charge in [-0.05, 0) is 17.7 Å². The molecule has 2 rings (SSSR count). The molecule has 0 fully saturated rings. The van der Waals surface area contributed by atoms with Crippen molar-refractivity contribution in [2.75, 3.05) is 14.1 Å². The van der Waals surface area contributed by atoms with E-state index in [1.807, 2.05) is 0 Å². The zero-order valence-electron chi connectivity index (χ0n) is 11.2. The maximum atomic E-state index is 11.6. The number of nitrogens with two attached hydrogens (primary N) is 1. The van der Waals surface area contributed by atoms with Gasteiger partial charge in [0.2, 0.25) is 5.91 Å². The predicted molar refractivity (Wildman–Crippen MR) is 71.7 cm³/mol. The molecule has 6 nitrogen and oxygen atoms in total. The number of carbonyl (C=O) groups excluding carboxylic acids is 1. The number of hydrogen-bond acceptors (Lipinski definition) is 4. The van der Waals surface area contributed by atoms with E-state index in [1.165, 1.54) is 9.47 Å². The molecular weight excluding hydrogens is 246 g/mol. The van der Waals surface area contributed by atoms with Crippen LogP contribution >= 0.6 is 0 Å². The summed E-state index contributed by atoms with van der Waals surface area (Å²) in [6.45, 7) is 0. The van der Waals surface area contributed by atoms with E-state index in [1.54, 1.807) is 39.3 Å². The van der Waals surface area contributed by atoms with Crippen LogP contribution in [0.4, 0.5) is 0 Å². The van der Waals surface area contributed by atoms with Crippen LogP contribution in [0.3, 0.4) is 0 Å². The zero-order valence-corrected chi connectivity index (χ0v) is 11.2. The van der Waals surface area contributed by atoms with E-state index in [0.29, 0.717) is 11.1 Å². The summed E-state index contributed by atoms with van der Waals surface area (Å²) < 4.78 is 6.46. The highest BCUT2D eigenvalue weighted by molar-refractivity contribution is 5.77. The summed E-state index contributed by atoms with van der Waals surface area (Å²) in [5.41, 5.74) is 8.01. The van der Waals surface area contributed by atoms with Gasteiger partial charge in [0, 0.05) is 33.6 Å². The Bertz CT molecular complexity index is 669. The predicted octanol–water partition coefficient (Wildman–Crippen LogP) is 0.610. The number of aromatic nitrogens is 1. The van der Waals surface area contributed by atoms with Crippen molar-refractivity contribution >= 4 is 17.0 Å². The highest BCUT2D eigenvalue weighted by Gasteiger charge is 2.15. The first-order valence-corrected chi connectivity index (χ1v) is 5.95. The smallest absolute Gasteiger partial charge is 0.408 e. The summed E-state index contributed by atoms with van der Waals surface area (Å²) in [6.07, 6.45) is 0.226. The van der Waals surface area contributed by atoms with Crippen molar-refractivity contribution in [2.45, 2.75) is 12.5 Å². The van der Waals surface area contributed by atoms with Crippen molar-refractivity contribution in [3.8, 4) is 0 Å². The van der Waals surface area contributed by atoms with Crippen LogP contribution in [0.2, 0.25) is 0 Å². The molecule has 1 heterocycles. The van der Waals surface area contributed by atoms with Gasteiger partial charge in [-0.25, -0.2) is 4.79 Å². The highest BCUT2D eigenvalue weighted by Crippen LogP contribution is 2.20. The van der Waals surface area contributed by atoms with Crippen molar-refractivity contribution < 1.29 is 9.21 Å². The fourth-order valence-electron chi connectivity index (χ4n) is 1.86. The molecule has 0 radical (unpaired) electrons. The minimum absolute atomic E-state index is 0.0336. The van der Waals surface area contributed by atoms with Crippen LogP contribution in [0, 0.1) is 0 Å². The largest absolute Gasteiger partial charge is 0.419 e. The van der Waals surface area contributed by atoms with Crippen molar-refractivity contribution in [2.24, 2.45) is 12.8 Å². The Morgan fingerprint density at radius 2 is 2.16 bits per heavy atom. The van der Waals surface area contributed by atoms with E-state index in [0.717, 1.165) is 5.56 Å². The SMILES string of the molecule is CN(C)C(=O)CC(N)c1ccc2oc(=O)n(C)c2c1. The van der Waals surface area contributed by atoms with Gasteiger partial charge in [-0.1, -0.05) is 6.07 Å². The molecular formula is C13H17N3O3. The molecule has 0 aliphatic heterocycles. The van der Waals surface area contributed by atoms with Gasteiger partial charge in [-0.2, -0.15) is 0 Å². The molecule has 1 atom stereocenters. The summed E-state index contributed by atoms with van der Waals surface area (Å²) in [6, 6.07) is 4.86. The molecule has 0 aliphatic carbocycles. The molecule has 1 amide bonds. The highest BCUT2D eigenvalue weighted by atomic mass is 16.4. The second-order valence-corrected chi connectivity index (χ2v) is 4.75. The molecule has 2 aromatic rings. The van der Waals surface area contributed by atoms with Crippen LogP contribution in [-0.4, -0.2) is 29.5 Å². The maximum Gasteiger partial charge on any atom is 0.419 e. The third-order valence-electron chi connectivity index (χ3n) is 3.14. The lowest BCUT2D eigenvalue weighted by molar-refractivity contribution is -0.129. The first kappa shape index (κ1) is 13.4. The van der Waals surface area contributed by atoms with Gasteiger partial charge >= 0.3 is 5.76 Å². The lowest BCUT2D eigenvalue weighted by Gasteiger charge is -2.15. The minimum atomic E-state index is -0.412. The number of carbonyl (C=O) groups is 1. The third kappa shape index (κ3) is 2.53. The van der Waals surface area contributed by atoms with E-state index in [2.05, 4.69) is 0 Å². The van der Waals surface area contributed by atoms with E-state index in [-0.39, 0.29) is 12.3 Å². The van der Waals surface area contributed by atoms with Crippen molar-refractivity contribution in [1.82, 2.24) is 9.47 Å². The lowest BCUT2D eigenvalue weighted by atomic mass is 10.0. The van der Waals surface area contributed by atoms with Gasteiger partial charge in [-0.15, -0.1) is 0 Å². The third-order valence-corrected chi connectivity index (χ3v) is 3.14. The standard InChI is InChI=1S/C13H17N3O3/c1-15(2)12(17)7-9(14)8-4-5-11-10(6-8)16(3)13(18)19-11/h4-6,9H,7,14H2,1-3H3. The number of aryl methyl sites for hydroxylation is 1. The first-order chi connectivity index (χ1) is 8.90. The monoisotopic (exact) mass is 263 g/mol. The van der Waals surface area contributed by atoms with Gasteiger partial charge < -0.3 is 15.1 Å². The molecule has 0 aliphatic rings. The maximum absolute atomic E-state index is 11.6. The molecule has 0 saturated heterocycles. The van der Waals surface area contributed by atoms with Crippen LogP contribution in [0.5, 0.6) is 0 Å². The minimum Gasteiger partial charge on any atom is -0.408 e. The van der Waals surface area contributed by atoms with Crippen molar-refractivity contribution in [3.05, 3.63) is 34.3 Å². The van der Waals surface area contributed by atoms with Crippen LogP contribution < -0.4 is 11.5 Å². The number of amides is 1. The Balaban J connectivity index is 2.32. The van der Waals surface area contributed by atoms with Gasteiger partial charge in [0.05, 0.1) is 5.52 Å². The average molecular weight is 263 g/mol. The normalized spacial score (nSPS) is 12.6. The average Bonchev–Trinajstić information content (AvgIpc) is 2.64. The molecule has 19 heavy (non-hydrogen) atoms. The number of nitrogens with zero attached hydrogens (tertiary/aromatic N) is 2.